The molecule has 25 heavy (non-hydrogen) atoms. The number of hydrogen-bond acceptors (Lipinski definition) is 4. The van der Waals surface area contributed by atoms with Gasteiger partial charge in [0.25, 0.3) is 5.91 Å². The second-order valence-corrected chi connectivity index (χ2v) is 6.07. The number of anilines is 1. The van der Waals surface area contributed by atoms with Gasteiger partial charge in [0, 0.05) is 17.7 Å². The van der Waals surface area contributed by atoms with Crippen LogP contribution >= 0.6 is 0 Å². The number of carboxylic acids is 1. The molecular weight excluding hydrogens is 320 g/mol. The van der Waals surface area contributed by atoms with Gasteiger partial charge < -0.3 is 14.8 Å². The highest BCUT2D eigenvalue weighted by Gasteiger charge is 2.36. The van der Waals surface area contributed by atoms with Crippen molar-refractivity contribution in [3.8, 4) is 6.07 Å². The van der Waals surface area contributed by atoms with Gasteiger partial charge in [-0.2, -0.15) is 5.26 Å². The molecule has 0 radical (unpaired) electrons. The van der Waals surface area contributed by atoms with Crippen molar-refractivity contribution in [2.75, 3.05) is 5.32 Å². The van der Waals surface area contributed by atoms with Crippen molar-refractivity contribution < 1.29 is 19.1 Å². The van der Waals surface area contributed by atoms with Crippen LogP contribution in [-0.2, 0) is 4.79 Å². The van der Waals surface area contributed by atoms with E-state index in [0.717, 1.165) is 12.2 Å². The predicted octanol–water partition coefficient (Wildman–Crippen LogP) is 3.65. The molecule has 1 fully saturated rings. The second kappa shape index (κ2) is 6.65. The number of furan rings is 1. The fourth-order valence-electron chi connectivity index (χ4n) is 2.55. The summed E-state index contributed by atoms with van der Waals surface area (Å²) in [4.78, 5) is 23.0. The number of benzene rings is 1. The third-order valence-corrected chi connectivity index (χ3v) is 4.16. The predicted molar refractivity (Wildman–Crippen MR) is 90.9 cm³/mol. The number of nitrogens with one attached hydrogen (secondary N) is 1. The van der Waals surface area contributed by atoms with Crippen molar-refractivity contribution in [2.45, 2.75) is 19.3 Å². The number of amides is 1. The number of aromatic carboxylic acids is 1. The van der Waals surface area contributed by atoms with E-state index in [4.69, 9.17) is 9.52 Å². The Bertz CT molecular complexity index is 887. The lowest BCUT2D eigenvalue weighted by molar-refractivity contribution is -0.112. The van der Waals surface area contributed by atoms with Gasteiger partial charge in [-0.15, -0.1) is 0 Å². The number of carbonyl (C=O) groups excluding carboxylic acids is 1. The molecule has 0 aliphatic heterocycles. The lowest BCUT2D eigenvalue weighted by Crippen LogP contribution is -2.13. The number of carboxylic acid groups (broad SMARTS) is 1. The van der Waals surface area contributed by atoms with Crippen molar-refractivity contribution in [3.63, 3.8) is 0 Å². The number of hydrogen-bond donors (Lipinski definition) is 2. The van der Waals surface area contributed by atoms with Gasteiger partial charge in [0.15, 0.2) is 0 Å². The second-order valence-electron chi connectivity index (χ2n) is 6.07. The Labute approximate surface area is 144 Å². The number of nitriles is 1. The highest BCUT2D eigenvalue weighted by atomic mass is 16.4. The SMILES string of the molecule is C[C@@H]1C[C@@H]1c1ccc(/C=C(\C#N)C(=O)Nc2ccc(C(=O)O)cc2)o1. The molecule has 0 saturated heterocycles. The topological polar surface area (TPSA) is 103 Å². The van der Waals surface area contributed by atoms with E-state index in [2.05, 4.69) is 12.2 Å². The van der Waals surface area contributed by atoms with E-state index in [0.29, 0.717) is 23.3 Å². The summed E-state index contributed by atoms with van der Waals surface area (Å²) in [6, 6.07) is 11.2. The van der Waals surface area contributed by atoms with Crippen molar-refractivity contribution in [1.29, 1.82) is 5.26 Å². The van der Waals surface area contributed by atoms with E-state index in [1.54, 1.807) is 6.07 Å². The average Bonchev–Trinajstić information content (AvgIpc) is 3.14. The summed E-state index contributed by atoms with van der Waals surface area (Å²) in [6.07, 6.45) is 2.49. The van der Waals surface area contributed by atoms with E-state index >= 15 is 0 Å². The van der Waals surface area contributed by atoms with E-state index < -0.39 is 11.9 Å². The molecule has 0 spiro atoms. The van der Waals surface area contributed by atoms with E-state index in [1.807, 2.05) is 12.1 Å². The van der Waals surface area contributed by atoms with Crippen molar-refractivity contribution in [1.82, 2.24) is 0 Å². The Hall–Kier alpha value is -3.33. The largest absolute Gasteiger partial charge is 0.478 e. The van der Waals surface area contributed by atoms with Crippen LogP contribution in [0.2, 0.25) is 0 Å². The van der Waals surface area contributed by atoms with Crippen LogP contribution in [0.1, 0.15) is 41.1 Å². The molecule has 1 aromatic heterocycles. The van der Waals surface area contributed by atoms with Gasteiger partial charge in [-0.25, -0.2) is 4.79 Å². The maximum Gasteiger partial charge on any atom is 0.335 e. The molecular formula is C19H16N2O4. The molecule has 126 valence electrons. The Morgan fingerprint density at radius 1 is 1.28 bits per heavy atom. The first-order valence-corrected chi connectivity index (χ1v) is 7.84. The first-order chi connectivity index (χ1) is 12.0. The van der Waals surface area contributed by atoms with Crippen LogP contribution in [0.25, 0.3) is 6.08 Å². The van der Waals surface area contributed by atoms with Crippen LogP contribution < -0.4 is 5.32 Å². The molecule has 1 aliphatic rings. The zero-order valence-corrected chi connectivity index (χ0v) is 13.5. The molecule has 2 atom stereocenters. The monoisotopic (exact) mass is 336 g/mol. The third kappa shape index (κ3) is 3.78. The minimum atomic E-state index is -1.05. The number of carbonyl (C=O) groups is 2. The molecule has 6 nitrogen and oxygen atoms in total. The van der Waals surface area contributed by atoms with Gasteiger partial charge in [0.1, 0.15) is 23.2 Å². The lowest BCUT2D eigenvalue weighted by atomic mass is 10.2. The molecule has 6 heteroatoms. The van der Waals surface area contributed by atoms with Crippen LogP contribution in [0, 0.1) is 17.2 Å². The van der Waals surface area contributed by atoms with Gasteiger partial charge in [-0.1, -0.05) is 6.92 Å². The molecule has 1 aromatic carbocycles. The highest BCUT2D eigenvalue weighted by Crippen LogP contribution is 2.47. The molecule has 1 aliphatic carbocycles. The molecule has 1 saturated carbocycles. The third-order valence-electron chi connectivity index (χ3n) is 4.16. The Balaban J connectivity index is 1.71. The molecule has 1 heterocycles. The quantitative estimate of drug-likeness (QED) is 0.641. The molecule has 2 aromatic rings. The lowest BCUT2D eigenvalue weighted by Gasteiger charge is -2.04. The summed E-state index contributed by atoms with van der Waals surface area (Å²) in [6.45, 7) is 2.15. The summed E-state index contributed by atoms with van der Waals surface area (Å²) in [5, 5.41) is 20.6. The van der Waals surface area contributed by atoms with Crippen LogP contribution in [0.15, 0.2) is 46.4 Å². The molecule has 0 unspecified atom stereocenters. The van der Waals surface area contributed by atoms with Crippen molar-refractivity contribution in [2.24, 2.45) is 5.92 Å². The first-order valence-electron chi connectivity index (χ1n) is 7.84. The molecule has 2 N–H and O–H groups in total. The standard InChI is InChI=1S/C19H16N2O4/c1-11-8-16(11)17-7-6-15(25-17)9-13(10-20)18(22)21-14-4-2-12(3-5-14)19(23)24/h2-7,9,11,16H,8H2,1H3,(H,21,22)(H,23,24)/b13-9+/t11-,16+/m1/s1. The van der Waals surface area contributed by atoms with Crippen LogP contribution in [0.4, 0.5) is 5.69 Å². The van der Waals surface area contributed by atoms with Crippen LogP contribution in [-0.4, -0.2) is 17.0 Å². The number of rotatable bonds is 5. The van der Waals surface area contributed by atoms with Crippen molar-refractivity contribution >= 4 is 23.6 Å². The van der Waals surface area contributed by atoms with Gasteiger partial charge in [0.2, 0.25) is 0 Å². The van der Waals surface area contributed by atoms with E-state index in [9.17, 15) is 14.9 Å². The minimum Gasteiger partial charge on any atom is -0.478 e. The zero-order chi connectivity index (χ0) is 18.0. The fourth-order valence-corrected chi connectivity index (χ4v) is 2.55. The van der Waals surface area contributed by atoms with E-state index in [1.165, 1.54) is 30.3 Å². The smallest absolute Gasteiger partial charge is 0.335 e. The zero-order valence-electron chi connectivity index (χ0n) is 13.5. The Morgan fingerprint density at radius 2 is 1.96 bits per heavy atom. The maximum atomic E-state index is 12.2. The molecule has 1 amide bonds. The summed E-state index contributed by atoms with van der Waals surface area (Å²) < 4.78 is 5.68. The maximum absolute atomic E-state index is 12.2. The van der Waals surface area contributed by atoms with Crippen LogP contribution in [0.5, 0.6) is 0 Å². The van der Waals surface area contributed by atoms with Crippen molar-refractivity contribution in [3.05, 3.63) is 59.1 Å². The summed E-state index contributed by atoms with van der Waals surface area (Å²) in [5.41, 5.74) is 0.432. The summed E-state index contributed by atoms with van der Waals surface area (Å²) in [7, 11) is 0. The minimum absolute atomic E-state index is 0.0907. The normalized spacial score (nSPS) is 19.1. The average molecular weight is 336 g/mol. The Kier molecular flexibility index (Phi) is 4.40. The van der Waals surface area contributed by atoms with Gasteiger partial charge in [-0.05, 0) is 48.7 Å². The highest BCUT2D eigenvalue weighted by molar-refractivity contribution is 6.09. The summed E-state index contributed by atoms with van der Waals surface area (Å²) >= 11 is 0. The van der Waals surface area contributed by atoms with Gasteiger partial charge in [0.05, 0.1) is 5.56 Å². The fraction of sp³-hybridized carbons (Fsp3) is 0.211. The van der Waals surface area contributed by atoms with Crippen LogP contribution in [0.3, 0.4) is 0 Å². The van der Waals surface area contributed by atoms with Gasteiger partial charge in [-0.3, -0.25) is 4.79 Å². The van der Waals surface area contributed by atoms with E-state index in [-0.39, 0.29) is 11.1 Å². The van der Waals surface area contributed by atoms with Gasteiger partial charge >= 0.3 is 5.97 Å². The first kappa shape index (κ1) is 16.5. The number of nitrogens with zero attached hydrogens (tertiary/aromatic N) is 1. The molecule has 3 rings (SSSR count). The molecule has 0 bridgehead atoms. The summed E-state index contributed by atoms with van der Waals surface area (Å²) in [5.74, 6) is 0.741. The Morgan fingerprint density at radius 3 is 2.52 bits per heavy atom.